The van der Waals surface area contributed by atoms with E-state index in [0.29, 0.717) is 0 Å². The summed E-state index contributed by atoms with van der Waals surface area (Å²) in [6.07, 6.45) is -13.8. The average molecular weight is 308 g/mol. The average Bonchev–Trinajstić information content (AvgIpc) is 2.28. The molecule has 2 unspecified atom stereocenters. The molecule has 0 saturated carbocycles. The highest BCUT2D eigenvalue weighted by Gasteiger charge is 2.64. The maximum atomic E-state index is 12.6. The smallest absolute Gasteiger partial charge is 0.392 e. The Labute approximate surface area is 113 Å². The van der Waals surface area contributed by atoms with Gasteiger partial charge in [-0.2, -0.15) is 26.3 Å². The van der Waals surface area contributed by atoms with E-state index in [4.69, 9.17) is 4.74 Å². The van der Waals surface area contributed by atoms with Crippen LogP contribution in [0.25, 0.3) is 0 Å². The molecule has 8 heteroatoms. The number of hydrogen-bond donors (Lipinski definition) is 1. The van der Waals surface area contributed by atoms with Crippen molar-refractivity contribution in [3.63, 3.8) is 0 Å². The van der Waals surface area contributed by atoms with Crippen LogP contribution < -0.4 is 0 Å². The van der Waals surface area contributed by atoms with E-state index in [1.54, 1.807) is 13.8 Å². The van der Waals surface area contributed by atoms with Crippen molar-refractivity contribution in [2.45, 2.75) is 63.8 Å². The molecule has 0 aromatic rings. The Morgan fingerprint density at radius 1 is 1.00 bits per heavy atom. The van der Waals surface area contributed by atoms with E-state index in [0.717, 1.165) is 0 Å². The largest absolute Gasteiger partial charge is 0.403 e. The molecule has 0 bridgehead atoms. The number of rotatable bonds is 2. The van der Waals surface area contributed by atoms with Gasteiger partial charge in [-0.3, -0.25) is 0 Å². The number of aliphatic hydroxyl groups excluding tert-OH is 1. The van der Waals surface area contributed by atoms with Crippen LogP contribution in [0.3, 0.4) is 0 Å². The van der Waals surface area contributed by atoms with Gasteiger partial charge in [0.2, 0.25) is 0 Å². The topological polar surface area (TPSA) is 29.5 Å². The van der Waals surface area contributed by atoms with E-state index in [2.05, 4.69) is 0 Å². The Morgan fingerprint density at radius 2 is 1.40 bits per heavy atom. The second-order valence-corrected chi connectivity index (χ2v) is 6.33. The summed E-state index contributed by atoms with van der Waals surface area (Å²) >= 11 is 0. The number of hydrogen-bond acceptors (Lipinski definition) is 2. The molecule has 1 fully saturated rings. The van der Waals surface area contributed by atoms with E-state index in [-0.39, 0.29) is 6.42 Å². The summed E-state index contributed by atoms with van der Waals surface area (Å²) in [7, 11) is 0. The molecule has 1 aliphatic rings. The molecule has 20 heavy (non-hydrogen) atoms. The van der Waals surface area contributed by atoms with Crippen molar-refractivity contribution in [3.8, 4) is 0 Å². The van der Waals surface area contributed by atoms with Crippen LogP contribution in [0.15, 0.2) is 0 Å². The van der Waals surface area contributed by atoms with Crippen LogP contribution in [-0.4, -0.2) is 34.8 Å². The molecule has 1 aliphatic heterocycles. The summed E-state index contributed by atoms with van der Waals surface area (Å²) in [5.74, 6) is -5.03. The molecular formula is C12H18F6O2. The molecule has 1 rings (SSSR count). The van der Waals surface area contributed by atoms with Gasteiger partial charge >= 0.3 is 12.4 Å². The molecule has 1 N–H and O–H groups in total. The molecule has 2 atom stereocenters. The van der Waals surface area contributed by atoms with Gasteiger partial charge in [-0.1, -0.05) is 0 Å². The third kappa shape index (κ3) is 3.58. The fraction of sp³-hybridized carbons (Fsp3) is 1.00. The van der Waals surface area contributed by atoms with Crippen molar-refractivity contribution in [1.82, 2.24) is 0 Å². The van der Waals surface area contributed by atoms with E-state index in [1.165, 1.54) is 13.8 Å². The quantitative estimate of drug-likeness (QED) is 0.789. The van der Waals surface area contributed by atoms with Gasteiger partial charge in [0, 0.05) is 5.92 Å². The van der Waals surface area contributed by atoms with Crippen molar-refractivity contribution in [2.24, 2.45) is 11.8 Å². The predicted molar refractivity (Wildman–Crippen MR) is 59.0 cm³/mol. The zero-order chi connectivity index (χ0) is 16.1. The summed E-state index contributed by atoms with van der Waals surface area (Å²) in [6, 6.07) is 0. The van der Waals surface area contributed by atoms with Gasteiger partial charge in [-0.15, -0.1) is 0 Å². The Balaban J connectivity index is 3.11. The lowest BCUT2D eigenvalue weighted by atomic mass is 9.78. The minimum atomic E-state index is -5.56. The van der Waals surface area contributed by atoms with Gasteiger partial charge in [0.15, 0.2) is 5.92 Å². The Kier molecular flexibility index (Phi) is 4.18. The van der Waals surface area contributed by atoms with E-state index in [9.17, 15) is 31.4 Å². The number of halogens is 6. The summed E-state index contributed by atoms with van der Waals surface area (Å²) in [5.41, 5.74) is -2.14. The summed E-state index contributed by atoms with van der Waals surface area (Å²) in [6.45, 7) is 5.91. The molecule has 0 spiro atoms. The molecule has 0 amide bonds. The first kappa shape index (κ1) is 17.6. The zero-order valence-electron chi connectivity index (χ0n) is 11.6. The van der Waals surface area contributed by atoms with Crippen LogP contribution in [0.4, 0.5) is 26.3 Å². The van der Waals surface area contributed by atoms with Crippen molar-refractivity contribution in [2.75, 3.05) is 0 Å². The fourth-order valence-electron chi connectivity index (χ4n) is 2.94. The van der Waals surface area contributed by atoms with Crippen molar-refractivity contribution >= 4 is 0 Å². The molecule has 0 aliphatic carbocycles. The van der Waals surface area contributed by atoms with E-state index in [1.807, 2.05) is 0 Å². The first-order chi connectivity index (χ1) is 8.58. The number of ether oxygens (including phenoxy) is 1. The lowest BCUT2D eigenvalue weighted by Gasteiger charge is -2.35. The van der Waals surface area contributed by atoms with Crippen LogP contribution in [0.5, 0.6) is 0 Å². The first-order valence-electron chi connectivity index (χ1n) is 6.09. The first-order valence-corrected chi connectivity index (χ1v) is 6.09. The SMILES string of the molecule is CC1(C)CC(C(O)C(C(F)(F)F)C(F)(F)F)C(C)(C)O1. The van der Waals surface area contributed by atoms with Gasteiger partial charge in [0.1, 0.15) is 0 Å². The van der Waals surface area contributed by atoms with E-state index >= 15 is 0 Å². The van der Waals surface area contributed by atoms with Gasteiger partial charge < -0.3 is 9.84 Å². The third-order valence-electron chi connectivity index (χ3n) is 3.60. The lowest BCUT2D eigenvalue weighted by molar-refractivity contribution is -0.313. The number of aliphatic hydroxyl groups is 1. The summed E-state index contributed by atoms with van der Waals surface area (Å²) in [4.78, 5) is 0. The second kappa shape index (κ2) is 4.76. The molecule has 0 aromatic carbocycles. The van der Waals surface area contributed by atoms with Gasteiger partial charge in [-0.05, 0) is 34.1 Å². The highest BCUT2D eigenvalue weighted by molar-refractivity contribution is 5.01. The minimum absolute atomic E-state index is 0.0795. The predicted octanol–water partition coefficient (Wildman–Crippen LogP) is 3.68. The van der Waals surface area contributed by atoms with Crippen molar-refractivity contribution in [1.29, 1.82) is 0 Å². The molecule has 120 valence electrons. The van der Waals surface area contributed by atoms with Crippen molar-refractivity contribution < 1.29 is 36.2 Å². The van der Waals surface area contributed by atoms with E-state index < -0.39 is 41.5 Å². The number of alkyl halides is 6. The molecular weight excluding hydrogens is 290 g/mol. The summed E-state index contributed by atoms with van der Waals surface area (Å²) < 4.78 is 81.3. The molecule has 1 saturated heterocycles. The highest BCUT2D eigenvalue weighted by Crippen LogP contribution is 2.50. The van der Waals surface area contributed by atoms with Crippen LogP contribution in [-0.2, 0) is 4.74 Å². The maximum absolute atomic E-state index is 12.6. The maximum Gasteiger partial charge on any atom is 0.403 e. The minimum Gasteiger partial charge on any atom is -0.392 e. The third-order valence-corrected chi connectivity index (χ3v) is 3.60. The normalized spacial score (nSPS) is 27.9. The standard InChI is InChI=1S/C12H18F6O2/c1-9(2)5-6(10(3,4)20-9)7(19)8(11(13,14)15)12(16,17)18/h6-8,19H,5H2,1-4H3. The zero-order valence-corrected chi connectivity index (χ0v) is 11.6. The van der Waals surface area contributed by atoms with Crippen molar-refractivity contribution in [3.05, 3.63) is 0 Å². The Bertz CT molecular complexity index is 344. The monoisotopic (exact) mass is 308 g/mol. The van der Waals surface area contributed by atoms with Gasteiger partial charge in [0.25, 0.3) is 0 Å². The van der Waals surface area contributed by atoms with Gasteiger partial charge in [0.05, 0.1) is 17.3 Å². The molecule has 2 nitrogen and oxygen atoms in total. The fourth-order valence-corrected chi connectivity index (χ4v) is 2.94. The van der Waals surface area contributed by atoms with Crippen LogP contribution in [0.2, 0.25) is 0 Å². The lowest BCUT2D eigenvalue weighted by Crippen LogP contribution is -2.51. The van der Waals surface area contributed by atoms with Gasteiger partial charge in [-0.25, -0.2) is 0 Å². The van der Waals surface area contributed by atoms with Crippen LogP contribution in [0.1, 0.15) is 34.1 Å². The Morgan fingerprint density at radius 3 is 1.65 bits per heavy atom. The Hall–Kier alpha value is -0.500. The second-order valence-electron chi connectivity index (χ2n) is 6.33. The molecule has 1 heterocycles. The highest BCUT2D eigenvalue weighted by atomic mass is 19.4. The van der Waals surface area contributed by atoms with Crippen LogP contribution >= 0.6 is 0 Å². The molecule has 0 radical (unpaired) electrons. The molecule has 0 aromatic heterocycles. The van der Waals surface area contributed by atoms with Crippen LogP contribution in [0, 0.1) is 11.8 Å². The summed E-state index contributed by atoms with van der Waals surface area (Å²) in [5, 5.41) is 9.73.